The monoisotopic (exact) mass is 464 g/mol. The van der Waals surface area contributed by atoms with Crippen LogP contribution in [0, 0.1) is 17.2 Å². The van der Waals surface area contributed by atoms with Crippen LogP contribution in [0.2, 0.25) is 0 Å². The van der Waals surface area contributed by atoms with E-state index in [2.05, 4.69) is 21.2 Å². The summed E-state index contributed by atoms with van der Waals surface area (Å²) in [5.41, 5.74) is -1.08. The van der Waals surface area contributed by atoms with Gasteiger partial charge in [0, 0.05) is 16.1 Å². The summed E-state index contributed by atoms with van der Waals surface area (Å²) < 4.78 is 5.80. The lowest BCUT2D eigenvalue weighted by Crippen LogP contribution is -2.44. The molecule has 0 saturated heterocycles. The fraction of sp³-hybridized carbons (Fsp3) is 0.591. The molecule has 7 heteroatoms. The number of hydrogen-bond acceptors (Lipinski definition) is 5. The number of ketones is 1. The molecule has 2 N–H and O–H groups in total. The number of nitriles is 1. The van der Waals surface area contributed by atoms with Gasteiger partial charge in [-0.2, -0.15) is 5.26 Å². The molecule has 0 radical (unpaired) electrons. The van der Waals surface area contributed by atoms with E-state index in [0.717, 1.165) is 6.42 Å². The second-order valence-corrected chi connectivity index (χ2v) is 9.75. The van der Waals surface area contributed by atoms with Crippen LogP contribution in [0.3, 0.4) is 0 Å². The topological polar surface area (TPSA) is 99.4 Å². The number of ether oxygens (including phenoxy) is 1. The molecular formula is C22H29BrN2O4. The van der Waals surface area contributed by atoms with Crippen LogP contribution in [-0.2, 0) is 4.74 Å². The fourth-order valence-electron chi connectivity index (χ4n) is 3.71. The van der Waals surface area contributed by atoms with Crippen LogP contribution in [0.1, 0.15) is 75.7 Å². The lowest BCUT2D eigenvalue weighted by atomic mass is 9.73. The average Bonchev–Trinajstić information content (AvgIpc) is 2.61. The first kappa shape index (κ1) is 23.4. The molecule has 1 aromatic carbocycles. The molecule has 1 fully saturated rings. The molecule has 0 aromatic heterocycles. The summed E-state index contributed by atoms with van der Waals surface area (Å²) in [7, 11) is 0. The van der Waals surface area contributed by atoms with Gasteiger partial charge >= 0.3 is 6.09 Å². The molecule has 1 amide bonds. The normalized spacial score (nSPS) is 23.0. The zero-order valence-electron chi connectivity index (χ0n) is 17.4. The summed E-state index contributed by atoms with van der Waals surface area (Å²) in [6.07, 6.45) is 2.50. The van der Waals surface area contributed by atoms with Gasteiger partial charge in [-0.3, -0.25) is 4.79 Å². The summed E-state index contributed by atoms with van der Waals surface area (Å²) in [5, 5.41) is 22.8. The molecule has 0 heterocycles. The summed E-state index contributed by atoms with van der Waals surface area (Å²) in [6, 6.07) is 6.73. The zero-order valence-corrected chi connectivity index (χ0v) is 19.0. The number of rotatable bonds is 5. The van der Waals surface area contributed by atoms with Gasteiger partial charge in [-0.05, 0) is 99.8 Å². The number of aliphatic hydroxyl groups is 1. The van der Waals surface area contributed by atoms with Gasteiger partial charge in [-0.1, -0.05) is 0 Å². The second-order valence-electron chi connectivity index (χ2n) is 8.89. The number of nitrogens with zero attached hydrogens (tertiary/aromatic N) is 1. The van der Waals surface area contributed by atoms with Gasteiger partial charge in [0.25, 0.3) is 0 Å². The third-order valence-electron chi connectivity index (χ3n) is 5.15. The Labute approximate surface area is 180 Å². The molecule has 0 aliphatic heterocycles. The molecule has 1 aromatic rings. The Kier molecular flexibility index (Phi) is 7.47. The van der Waals surface area contributed by atoms with Gasteiger partial charge in [0.1, 0.15) is 11.2 Å². The number of benzene rings is 1. The molecule has 1 aliphatic carbocycles. The van der Waals surface area contributed by atoms with E-state index >= 15 is 0 Å². The Morgan fingerprint density at radius 2 is 2.00 bits per heavy atom. The number of nitrogens with one attached hydrogen (secondary N) is 1. The summed E-state index contributed by atoms with van der Waals surface area (Å²) >= 11 is 3.33. The second kappa shape index (κ2) is 9.27. The molecule has 1 atom stereocenters. The van der Waals surface area contributed by atoms with Crippen LogP contribution in [-0.4, -0.2) is 34.2 Å². The zero-order chi connectivity index (χ0) is 21.8. The van der Waals surface area contributed by atoms with Crippen LogP contribution in [0.4, 0.5) is 4.79 Å². The van der Waals surface area contributed by atoms with Gasteiger partial charge in [0.05, 0.1) is 11.6 Å². The third kappa shape index (κ3) is 6.55. The van der Waals surface area contributed by atoms with Gasteiger partial charge in [-0.15, -0.1) is 0 Å². The fourth-order valence-corrected chi connectivity index (χ4v) is 4.26. The van der Waals surface area contributed by atoms with Crippen molar-refractivity contribution in [1.29, 1.82) is 5.26 Å². The molecule has 0 unspecified atom stereocenters. The lowest BCUT2D eigenvalue weighted by Gasteiger charge is -2.36. The standard InChI is InChI=1S/C22H29BrN2O4/c1-14(25-20(27)29-21(2,3)4)11-15-7-9-22(28,10-8-15)19(26)17-6-5-16(13-24)12-18(17)23/h5-6,12,14-15,28H,7-11H2,1-4H3,(H,25,27)/t14-,15?,22?/m0/s1. The van der Waals surface area contributed by atoms with Gasteiger partial charge in [0.2, 0.25) is 0 Å². The summed E-state index contributed by atoms with van der Waals surface area (Å²) in [6.45, 7) is 7.40. The molecule has 2 rings (SSSR count). The molecule has 1 saturated carbocycles. The number of carbonyl (C=O) groups excluding carboxylic acids is 2. The first-order valence-corrected chi connectivity index (χ1v) is 10.7. The predicted octanol–water partition coefficient (Wildman–Crippen LogP) is 4.73. The lowest BCUT2D eigenvalue weighted by molar-refractivity contribution is 0.000993. The van der Waals surface area contributed by atoms with Crippen LogP contribution in [0.5, 0.6) is 0 Å². The molecule has 29 heavy (non-hydrogen) atoms. The highest BCUT2D eigenvalue weighted by molar-refractivity contribution is 9.10. The smallest absolute Gasteiger partial charge is 0.407 e. The largest absolute Gasteiger partial charge is 0.444 e. The maximum atomic E-state index is 12.9. The van der Waals surface area contributed by atoms with E-state index in [1.165, 1.54) is 0 Å². The van der Waals surface area contributed by atoms with E-state index in [1.54, 1.807) is 18.2 Å². The Hall–Kier alpha value is -1.91. The minimum Gasteiger partial charge on any atom is -0.444 e. The van der Waals surface area contributed by atoms with E-state index in [1.807, 2.05) is 33.8 Å². The van der Waals surface area contributed by atoms with Crippen molar-refractivity contribution in [2.45, 2.75) is 77.0 Å². The molecular weight excluding hydrogens is 436 g/mol. The number of amides is 1. The van der Waals surface area contributed by atoms with Crippen molar-refractivity contribution in [2.75, 3.05) is 0 Å². The van der Waals surface area contributed by atoms with E-state index in [-0.39, 0.29) is 11.8 Å². The van der Waals surface area contributed by atoms with E-state index < -0.39 is 17.3 Å². The van der Waals surface area contributed by atoms with Crippen LogP contribution < -0.4 is 5.32 Å². The van der Waals surface area contributed by atoms with Crippen molar-refractivity contribution in [2.24, 2.45) is 5.92 Å². The quantitative estimate of drug-likeness (QED) is 0.613. The van der Waals surface area contributed by atoms with Crippen LogP contribution in [0.15, 0.2) is 22.7 Å². The predicted molar refractivity (Wildman–Crippen MR) is 114 cm³/mol. The Morgan fingerprint density at radius 3 is 2.52 bits per heavy atom. The first-order valence-electron chi connectivity index (χ1n) is 9.90. The highest BCUT2D eigenvalue weighted by atomic mass is 79.9. The molecule has 0 bridgehead atoms. The number of Topliss-reactive ketones (excluding diaryl/α,β-unsaturated/α-hetero) is 1. The molecule has 1 aliphatic rings. The third-order valence-corrected chi connectivity index (χ3v) is 5.80. The van der Waals surface area contributed by atoms with Crippen molar-refractivity contribution in [3.63, 3.8) is 0 Å². The van der Waals surface area contributed by atoms with Gasteiger partial charge in [-0.25, -0.2) is 4.79 Å². The first-order chi connectivity index (χ1) is 13.4. The van der Waals surface area contributed by atoms with Gasteiger partial charge in [0.15, 0.2) is 5.78 Å². The van der Waals surface area contributed by atoms with Crippen molar-refractivity contribution in [3.8, 4) is 6.07 Å². The van der Waals surface area contributed by atoms with E-state index in [4.69, 9.17) is 10.00 Å². The Balaban J connectivity index is 1.91. The van der Waals surface area contributed by atoms with Crippen LogP contribution >= 0.6 is 15.9 Å². The number of carbonyl (C=O) groups is 2. The molecule has 6 nitrogen and oxygen atoms in total. The Morgan fingerprint density at radius 1 is 1.38 bits per heavy atom. The maximum absolute atomic E-state index is 12.9. The highest BCUT2D eigenvalue weighted by Gasteiger charge is 2.41. The molecule has 0 spiro atoms. The van der Waals surface area contributed by atoms with Crippen molar-refractivity contribution in [1.82, 2.24) is 5.32 Å². The average molecular weight is 465 g/mol. The Bertz CT molecular complexity index is 802. The maximum Gasteiger partial charge on any atom is 0.407 e. The van der Waals surface area contributed by atoms with Crippen molar-refractivity contribution < 1.29 is 19.4 Å². The number of hydrogen-bond donors (Lipinski definition) is 2. The van der Waals surface area contributed by atoms with Crippen molar-refractivity contribution >= 4 is 27.8 Å². The number of halogens is 1. The van der Waals surface area contributed by atoms with Crippen molar-refractivity contribution in [3.05, 3.63) is 33.8 Å². The summed E-state index contributed by atoms with van der Waals surface area (Å²) in [5.74, 6) is 0.00432. The van der Waals surface area contributed by atoms with Crippen LogP contribution in [0.25, 0.3) is 0 Å². The van der Waals surface area contributed by atoms with E-state index in [9.17, 15) is 14.7 Å². The highest BCUT2D eigenvalue weighted by Crippen LogP contribution is 2.37. The summed E-state index contributed by atoms with van der Waals surface area (Å²) in [4.78, 5) is 24.8. The van der Waals surface area contributed by atoms with E-state index in [0.29, 0.717) is 47.2 Å². The minimum atomic E-state index is -1.39. The minimum absolute atomic E-state index is 0.0515. The SMILES string of the molecule is C[C@@H](CC1CCC(O)(C(=O)c2ccc(C#N)cc2Br)CC1)NC(=O)OC(C)(C)C. The molecule has 158 valence electrons. The van der Waals surface area contributed by atoms with Gasteiger partial charge < -0.3 is 15.2 Å². The number of alkyl carbamates (subject to hydrolysis) is 1.